The third-order valence-electron chi connectivity index (χ3n) is 1.94. The van der Waals surface area contributed by atoms with Gasteiger partial charge in [-0.15, -0.1) is 0 Å². The lowest BCUT2D eigenvalue weighted by atomic mass is 10.4. The highest BCUT2D eigenvalue weighted by molar-refractivity contribution is 4.85. The molecule has 2 heterocycles. The number of nitrogens with zero attached hydrogens (tertiary/aromatic N) is 4. The minimum Gasteiger partial charge on any atom is -0.340 e. The van der Waals surface area contributed by atoms with Gasteiger partial charge in [-0.2, -0.15) is 9.97 Å². The van der Waals surface area contributed by atoms with E-state index in [0.717, 1.165) is 6.54 Å². The summed E-state index contributed by atoms with van der Waals surface area (Å²) in [6, 6.07) is 0. The molecule has 0 bridgehead atoms. The molecule has 7 heteroatoms. The molecule has 2 aromatic heterocycles. The van der Waals surface area contributed by atoms with E-state index >= 15 is 0 Å². The van der Waals surface area contributed by atoms with Crippen molar-refractivity contribution in [2.24, 2.45) is 0 Å². The van der Waals surface area contributed by atoms with Crippen LogP contribution in [-0.2, 0) is 13.0 Å². The van der Waals surface area contributed by atoms with Gasteiger partial charge in [-0.3, -0.25) is 0 Å². The van der Waals surface area contributed by atoms with Crippen LogP contribution in [0, 0.1) is 13.8 Å². The van der Waals surface area contributed by atoms with E-state index in [2.05, 4.69) is 25.6 Å². The third-order valence-corrected chi connectivity index (χ3v) is 1.94. The van der Waals surface area contributed by atoms with E-state index in [1.807, 2.05) is 0 Å². The average molecular weight is 223 g/mol. The van der Waals surface area contributed by atoms with E-state index in [0.29, 0.717) is 36.4 Å². The highest BCUT2D eigenvalue weighted by Crippen LogP contribution is 1.97. The summed E-state index contributed by atoms with van der Waals surface area (Å²) in [6.45, 7) is 4.86. The number of rotatable bonds is 5. The smallest absolute Gasteiger partial charge is 0.227 e. The molecule has 0 amide bonds. The number of hydrogen-bond donors (Lipinski definition) is 1. The van der Waals surface area contributed by atoms with Gasteiger partial charge in [0.05, 0.1) is 6.54 Å². The quantitative estimate of drug-likeness (QED) is 0.734. The van der Waals surface area contributed by atoms with Crippen LogP contribution in [0.25, 0.3) is 0 Å². The molecule has 0 aliphatic rings. The van der Waals surface area contributed by atoms with Gasteiger partial charge in [-0.05, 0) is 6.92 Å². The predicted molar refractivity (Wildman–Crippen MR) is 53.5 cm³/mol. The molecule has 0 unspecified atom stereocenters. The first-order chi connectivity index (χ1) is 7.74. The fraction of sp³-hybridized carbons (Fsp3) is 0.556. The number of nitrogens with one attached hydrogen (secondary N) is 1. The van der Waals surface area contributed by atoms with E-state index in [1.54, 1.807) is 13.8 Å². The molecule has 0 radical (unpaired) electrons. The molecule has 86 valence electrons. The van der Waals surface area contributed by atoms with Crippen LogP contribution in [0.1, 0.15) is 23.4 Å². The van der Waals surface area contributed by atoms with Gasteiger partial charge < -0.3 is 14.4 Å². The van der Waals surface area contributed by atoms with Crippen LogP contribution < -0.4 is 5.32 Å². The highest BCUT2D eigenvalue weighted by Gasteiger charge is 2.03. The number of aromatic nitrogens is 4. The lowest BCUT2D eigenvalue weighted by Gasteiger charge is -1.97. The summed E-state index contributed by atoms with van der Waals surface area (Å²) in [7, 11) is 0. The van der Waals surface area contributed by atoms with Crippen molar-refractivity contribution < 1.29 is 9.05 Å². The van der Waals surface area contributed by atoms with Crippen LogP contribution in [0.4, 0.5) is 0 Å². The number of aryl methyl sites for hydroxylation is 2. The van der Waals surface area contributed by atoms with Crippen LogP contribution in [0.15, 0.2) is 9.05 Å². The molecule has 16 heavy (non-hydrogen) atoms. The van der Waals surface area contributed by atoms with Crippen LogP contribution in [0.5, 0.6) is 0 Å². The van der Waals surface area contributed by atoms with Crippen molar-refractivity contribution in [1.29, 1.82) is 0 Å². The molecule has 0 fully saturated rings. The van der Waals surface area contributed by atoms with Crippen molar-refractivity contribution in [3.8, 4) is 0 Å². The highest BCUT2D eigenvalue weighted by atomic mass is 16.5. The summed E-state index contributed by atoms with van der Waals surface area (Å²) in [5.41, 5.74) is 0. The lowest BCUT2D eigenvalue weighted by Crippen LogP contribution is -2.17. The molecule has 2 rings (SSSR count). The second-order valence-electron chi connectivity index (χ2n) is 3.39. The Labute approximate surface area is 92.2 Å². The predicted octanol–water partition coefficient (Wildman–Crippen LogP) is 0.402. The molecule has 0 aromatic carbocycles. The van der Waals surface area contributed by atoms with Gasteiger partial charge in [0.25, 0.3) is 0 Å². The van der Waals surface area contributed by atoms with Crippen LogP contribution in [0.2, 0.25) is 0 Å². The standard InChI is InChI=1S/C9H13N5O2/c1-6-11-9(16-13-6)3-4-10-5-8-12-7(2)15-14-8/h10H,3-5H2,1-2H3. The molecule has 0 aliphatic heterocycles. The van der Waals surface area contributed by atoms with E-state index in [4.69, 9.17) is 9.05 Å². The average Bonchev–Trinajstić information content (AvgIpc) is 2.83. The Kier molecular flexibility index (Phi) is 3.25. The fourth-order valence-corrected chi connectivity index (χ4v) is 1.25. The maximum Gasteiger partial charge on any atom is 0.227 e. The lowest BCUT2D eigenvalue weighted by molar-refractivity contribution is 0.370. The molecule has 7 nitrogen and oxygen atoms in total. The minimum atomic E-state index is 0.573. The van der Waals surface area contributed by atoms with Gasteiger partial charge in [0.2, 0.25) is 11.8 Å². The molecular weight excluding hydrogens is 210 g/mol. The van der Waals surface area contributed by atoms with Crippen molar-refractivity contribution in [3.05, 3.63) is 23.4 Å². The second kappa shape index (κ2) is 4.84. The summed E-state index contributed by atoms with van der Waals surface area (Å²) < 4.78 is 9.81. The van der Waals surface area contributed by atoms with Gasteiger partial charge in [-0.1, -0.05) is 10.3 Å². The van der Waals surface area contributed by atoms with Gasteiger partial charge >= 0.3 is 0 Å². The van der Waals surface area contributed by atoms with Crippen molar-refractivity contribution in [1.82, 2.24) is 25.6 Å². The molecule has 2 aromatic rings. The zero-order valence-corrected chi connectivity index (χ0v) is 9.23. The molecule has 0 saturated heterocycles. The summed E-state index contributed by atoms with van der Waals surface area (Å²) in [5.74, 6) is 2.52. The molecule has 0 atom stereocenters. The summed E-state index contributed by atoms with van der Waals surface area (Å²) in [5, 5.41) is 10.6. The zero-order chi connectivity index (χ0) is 11.4. The van der Waals surface area contributed by atoms with E-state index in [-0.39, 0.29) is 0 Å². The van der Waals surface area contributed by atoms with Gasteiger partial charge in [0.15, 0.2) is 11.6 Å². The largest absolute Gasteiger partial charge is 0.340 e. The van der Waals surface area contributed by atoms with Crippen molar-refractivity contribution >= 4 is 0 Å². The van der Waals surface area contributed by atoms with Gasteiger partial charge in [0, 0.05) is 19.9 Å². The fourth-order valence-electron chi connectivity index (χ4n) is 1.25. The van der Waals surface area contributed by atoms with Gasteiger partial charge in [0.1, 0.15) is 0 Å². The molecule has 1 N–H and O–H groups in total. The van der Waals surface area contributed by atoms with Crippen LogP contribution >= 0.6 is 0 Å². The van der Waals surface area contributed by atoms with Crippen LogP contribution in [0.3, 0.4) is 0 Å². The Morgan fingerprint density at radius 1 is 1.12 bits per heavy atom. The first-order valence-electron chi connectivity index (χ1n) is 5.03. The normalized spacial score (nSPS) is 10.9. The second-order valence-corrected chi connectivity index (χ2v) is 3.39. The summed E-state index contributed by atoms with van der Waals surface area (Å²) in [6.07, 6.45) is 0.692. The van der Waals surface area contributed by atoms with E-state index in [1.165, 1.54) is 0 Å². The first kappa shape index (κ1) is 10.7. The van der Waals surface area contributed by atoms with Crippen molar-refractivity contribution in [3.63, 3.8) is 0 Å². The minimum absolute atomic E-state index is 0.573. The Balaban J connectivity index is 1.69. The third kappa shape index (κ3) is 2.86. The van der Waals surface area contributed by atoms with E-state index < -0.39 is 0 Å². The Hall–Kier alpha value is -1.76. The Morgan fingerprint density at radius 3 is 2.62 bits per heavy atom. The molecule has 0 spiro atoms. The summed E-state index contributed by atoms with van der Waals surface area (Å²) in [4.78, 5) is 8.16. The number of hydrogen-bond acceptors (Lipinski definition) is 7. The monoisotopic (exact) mass is 223 g/mol. The van der Waals surface area contributed by atoms with Crippen LogP contribution in [-0.4, -0.2) is 26.8 Å². The Bertz CT molecular complexity index is 408. The maximum absolute atomic E-state index is 4.97. The zero-order valence-electron chi connectivity index (χ0n) is 9.23. The SMILES string of the molecule is Cc1noc(CCNCc2noc(C)n2)n1. The van der Waals surface area contributed by atoms with E-state index in [9.17, 15) is 0 Å². The molecular formula is C9H13N5O2. The topological polar surface area (TPSA) is 89.9 Å². The summed E-state index contributed by atoms with van der Waals surface area (Å²) >= 11 is 0. The van der Waals surface area contributed by atoms with Gasteiger partial charge in [-0.25, -0.2) is 0 Å². The molecule has 0 saturated carbocycles. The maximum atomic E-state index is 4.97. The van der Waals surface area contributed by atoms with Crippen molar-refractivity contribution in [2.45, 2.75) is 26.8 Å². The first-order valence-corrected chi connectivity index (χ1v) is 5.03. The Morgan fingerprint density at radius 2 is 2.00 bits per heavy atom. The van der Waals surface area contributed by atoms with Crippen molar-refractivity contribution in [2.75, 3.05) is 6.54 Å². The molecule has 0 aliphatic carbocycles.